The van der Waals surface area contributed by atoms with Crippen molar-refractivity contribution in [2.75, 3.05) is 18.9 Å². The van der Waals surface area contributed by atoms with E-state index in [2.05, 4.69) is 14.9 Å². The molecular formula is C14H16N4O3S. The number of aromatic nitrogens is 2. The molecule has 2 N–H and O–H groups in total. The van der Waals surface area contributed by atoms with Crippen LogP contribution in [0.5, 0.6) is 0 Å². The zero-order valence-corrected chi connectivity index (χ0v) is 13.1. The van der Waals surface area contributed by atoms with E-state index < -0.39 is 5.97 Å². The van der Waals surface area contributed by atoms with Crippen LogP contribution < -0.4 is 5.32 Å². The first-order valence-corrected chi connectivity index (χ1v) is 7.34. The monoisotopic (exact) mass is 320 g/mol. The van der Waals surface area contributed by atoms with Gasteiger partial charge in [-0.15, -0.1) is 5.10 Å². The Morgan fingerprint density at radius 1 is 1.36 bits per heavy atom. The summed E-state index contributed by atoms with van der Waals surface area (Å²) in [7, 11) is 1.69. The Balaban J connectivity index is 2.14. The molecule has 0 aliphatic heterocycles. The Labute approximate surface area is 131 Å². The van der Waals surface area contributed by atoms with E-state index in [1.165, 1.54) is 11.5 Å². The second kappa shape index (κ2) is 6.99. The molecule has 2 rings (SSSR count). The Morgan fingerprint density at radius 2 is 2.09 bits per heavy atom. The second-order valence-corrected chi connectivity index (χ2v) is 5.57. The summed E-state index contributed by atoms with van der Waals surface area (Å²) >= 11 is 1.26. The minimum Gasteiger partial charge on any atom is -0.480 e. The summed E-state index contributed by atoms with van der Waals surface area (Å²) in [5, 5.41) is 15.4. The third-order valence-electron chi connectivity index (χ3n) is 3.06. The minimum atomic E-state index is -0.984. The number of amides is 1. The highest BCUT2D eigenvalue weighted by Crippen LogP contribution is 2.19. The summed E-state index contributed by atoms with van der Waals surface area (Å²) in [6.07, 6.45) is 0. The maximum Gasteiger partial charge on any atom is 0.322 e. The van der Waals surface area contributed by atoms with Crippen molar-refractivity contribution in [3.8, 4) is 0 Å². The number of anilines is 1. The predicted octanol–water partition coefficient (Wildman–Crippen LogP) is 1.62. The zero-order valence-electron chi connectivity index (χ0n) is 12.2. The fraction of sp³-hybridized carbons (Fsp3) is 0.286. The summed E-state index contributed by atoms with van der Waals surface area (Å²) in [5.41, 5.74) is 1.74. The predicted molar refractivity (Wildman–Crippen MR) is 83.0 cm³/mol. The number of aliphatic carboxylic acids is 1. The van der Waals surface area contributed by atoms with Crippen LogP contribution in [0.15, 0.2) is 24.3 Å². The van der Waals surface area contributed by atoms with Crippen LogP contribution in [0, 0.1) is 6.92 Å². The van der Waals surface area contributed by atoms with E-state index in [0.29, 0.717) is 17.8 Å². The van der Waals surface area contributed by atoms with Gasteiger partial charge in [0, 0.05) is 12.7 Å². The third-order valence-corrected chi connectivity index (χ3v) is 3.87. The molecule has 22 heavy (non-hydrogen) atoms. The van der Waals surface area contributed by atoms with Crippen molar-refractivity contribution in [3.63, 3.8) is 0 Å². The lowest BCUT2D eigenvalue weighted by Crippen LogP contribution is -2.27. The molecule has 0 bridgehead atoms. The summed E-state index contributed by atoms with van der Waals surface area (Å²) in [6.45, 7) is 2.01. The molecule has 1 heterocycles. The lowest BCUT2D eigenvalue weighted by atomic mass is 10.1. The lowest BCUT2D eigenvalue weighted by molar-refractivity contribution is -0.134. The number of benzene rings is 1. The summed E-state index contributed by atoms with van der Waals surface area (Å²) in [4.78, 5) is 25.7. The van der Waals surface area contributed by atoms with E-state index in [4.69, 9.17) is 5.11 Å². The van der Waals surface area contributed by atoms with Gasteiger partial charge in [-0.25, -0.2) is 0 Å². The smallest absolute Gasteiger partial charge is 0.322 e. The van der Waals surface area contributed by atoms with Crippen LogP contribution in [-0.2, 0) is 11.3 Å². The van der Waals surface area contributed by atoms with Crippen molar-refractivity contribution >= 4 is 29.1 Å². The first kappa shape index (κ1) is 15.9. The van der Waals surface area contributed by atoms with Crippen molar-refractivity contribution in [2.24, 2.45) is 0 Å². The number of nitrogens with zero attached hydrogens (tertiary/aromatic N) is 3. The number of rotatable bonds is 6. The standard InChI is InChI=1S/C14H16N4O3S/c1-9-12(22-17-16-9)8-18(2)14(21)10-5-3-4-6-11(10)15-7-13(19)20/h3-6,15H,7-8H2,1-2H3,(H,19,20). The molecule has 1 amide bonds. The largest absolute Gasteiger partial charge is 0.480 e. The molecule has 0 aliphatic rings. The number of hydrogen-bond acceptors (Lipinski definition) is 6. The van der Waals surface area contributed by atoms with E-state index in [-0.39, 0.29) is 12.5 Å². The molecular weight excluding hydrogens is 304 g/mol. The van der Waals surface area contributed by atoms with E-state index >= 15 is 0 Å². The van der Waals surface area contributed by atoms with Crippen LogP contribution in [0.4, 0.5) is 5.69 Å². The van der Waals surface area contributed by atoms with Crippen LogP contribution >= 0.6 is 11.5 Å². The summed E-state index contributed by atoms with van der Waals surface area (Å²) in [5.74, 6) is -1.18. The number of carboxylic acids is 1. The van der Waals surface area contributed by atoms with E-state index in [0.717, 1.165) is 10.6 Å². The molecule has 0 saturated carbocycles. The number of nitrogens with one attached hydrogen (secondary N) is 1. The highest BCUT2D eigenvalue weighted by atomic mass is 32.1. The van der Waals surface area contributed by atoms with Gasteiger partial charge >= 0.3 is 5.97 Å². The van der Waals surface area contributed by atoms with Crippen LogP contribution in [0.1, 0.15) is 20.9 Å². The number of carbonyl (C=O) groups excluding carboxylic acids is 1. The Hall–Kier alpha value is -2.48. The van der Waals surface area contributed by atoms with Crippen LogP contribution in [-0.4, -0.2) is 45.1 Å². The summed E-state index contributed by atoms with van der Waals surface area (Å²) < 4.78 is 3.85. The normalized spacial score (nSPS) is 10.3. The quantitative estimate of drug-likeness (QED) is 0.839. The van der Waals surface area contributed by atoms with E-state index in [1.54, 1.807) is 36.2 Å². The molecule has 8 heteroatoms. The summed E-state index contributed by atoms with van der Waals surface area (Å²) in [6, 6.07) is 6.84. The minimum absolute atomic E-state index is 0.193. The molecule has 1 aromatic carbocycles. The first-order chi connectivity index (χ1) is 10.5. The van der Waals surface area contributed by atoms with Gasteiger partial charge in [0.15, 0.2) is 0 Å². The average Bonchev–Trinajstić information content (AvgIpc) is 2.90. The topological polar surface area (TPSA) is 95.4 Å². The van der Waals surface area contributed by atoms with E-state index in [9.17, 15) is 9.59 Å². The molecule has 0 atom stereocenters. The highest BCUT2D eigenvalue weighted by molar-refractivity contribution is 7.05. The SMILES string of the molecule is Cc1nnsc1CN(C)C(=O)c1ccccc1NCC(=O)O. The van der Waals surface area contributed by atoms with Gasteiger partial charge in [-0.1, -0.05) is 16.6 Å². The fourth-order valence-corrected chi connectivity index (χ4v) is 2.57. The van der Waals surface area contributed by atoms with Crippen LogP contribution in [0.3, 0.4) is 0 Å². The maximum atomic E-state index is 12.6. The van der Waals surface area contributed by atoms with Gasteiger partial charge in [-0.3, -0.25) is 9.59 Å². The highest BCUT2D eigenvalue weighted by Gasteiger charge is 2.17. The average molecular weight is 320 g/mol. The number of hydrogen-bond donors (Lipinski definition) is 2. The van der Waals surface area contributed by atoms with Crippen LogP contribution in [0.25, 0.3) is 0 Å². The van der Waals surface area contributed by atoms with Crippen molar-refractivity contribution in [2.45, 2.75) is 13.5 Å². The van der Waals surface area contributed by atoms with Gasteiger partial charge < -0.3 is 15.3 Å². The molecule has 2 aromatic rings. The van der Waals surface area contributed by atoms with Gasteiger partial charge in [-0.2, -0.15) is 0 Å². The molecule has 0 radical (unpaired) electrons. The number of carboxylic acid groups (broad SMARTS) is 1. The molecule has 0 fully saturated rings. The molecule has 1 aromatic heterocycles. The number of carbonyl (C=O) groups is 2. The molecule has 0 unspecified atom stereocenters. The maximum absolute atomic E-state index is 12.6. The van der Waals surface area contributed by atoms with Crippen molar-refractivity contribution in [1.29, 1.82) is 0 Å². The van der Waals surface area contributed by atoms with Crippen molar-refractivity contribution in [3.05, 3.63) is 40.4 Å². The molecule has 116 valence electrons. The fourth-order valence-electron chi connectivity index (χ4n) is 1.88. The van der Waals surface area contributed by atoms with E-state index in [1.807, 2.05) is 6.92 Å². The van der Waals surface area contributed by atoms with Crippen LogP contribution in [0.2, 0.25) is 0 Å². The van der Waals surface area contributed by atoms with Gasteiger partial charge in [0.1, 0.15) is 6.54 Å². The third kappa shape index (κ3) is 3.79. The van der Waals surface area contributed by atoms with Crippen molar-refractivity contribution < 1.29 is 14.7 Å². The Morgan fingerprint density at radius 3 is 2.73 bits per heavy atom. The van der Waals surface area contributed by atoms with Crippen molar-refractivity contribution in [1.82, 2.24) is 14.5 Å². The molecule has 0 spiro atoms. The lowest BCUT2D eigenvalue weighted by Gasteiger charge is -2.18. The second-order valence-electron chi connectivity index (χ2n) is 4.74. The molecule has 0 saturated heterocycles. The number of aryl methyl sites for hydroxylation is 1. The van der Waals surface area contributed by atoms with Gasteiger partial charge in [0.2, 0.25) is 0 Å². The first-order valence-electron chi connectivity index (χ1n) is 6.57. The van der Waals surface area contributed by atoms with Gasteiger partial charge in [0.05, 0.1) is 22.7 Å². The number of para-hydroxylation sites is 1. The Kier molecular flexibility index (Phi) is 5.05. The molecule has 7 nitrogen and oxygen atoms in total. The molecule has 0 aliphatic carbocycles. The van der Waals surface area contributed by atoms with Gasteiger partial charge in [0.25, 0.3) is 5.91 Å². The van der Waals surface area contributed by atoms with Gasteiger partial charge in [-0.05, 0) is 30.6 Å². The Bertz CT molecular complexity index is 686. The zero-order chi connectivity index (χ0) is 16.1.